The average Bonchev–Trinajstić information content (AvgIpc) is 2.14. The summed E-state index contributed by atoms with van der Waals surface area (Å²) < 4.78 is 12.6. The van der Waals surface area contributed by atoms with Crippen molar-refractivity contribution >= 4 is 6.09 Å². The highest BCUT2D eigenvalue weighted by molar-refractivity contribution is 5.64. The summed E-state index contributed by atoms with van der Waals surface area (Å²) in [5.41, 5.74) is 0. The second-order valence-corrected chi connectivity index (χ2v) is 4.51. The lowest BCUT2D eigenvalue weighted by atomic mass is 9.88. The minimum Gasteiger partial charge on any atom is -0.465 e. The summed E-state index contributed by atoms with van der Waals surface area (Å²) in [5.74, 6) is 0. The van der Waals surface area contributed by atoms with Crippen molar-refractivity contribution in [1.82, 2.24) is 10.2 Å². The maximum atomic E-state index is 12.6. The molecule has 2 rings (SSSR count). The predicted molar refractivity (Wildman–Crippen MR) is 53.7 cm³/mol. The number of carbonyl (C=O) groups is 1. The number of nitrogens with one attached hydrogen (secondary N) is 1. The number of hydrogen-bond donors (Lipinski definition) is 2. The Hall–Kier alpha value is -0.840. The summed E-state index contributed by atoms with van der Waals surface area (Å²) in [4.78, 5) is 12.6. The third-order valence-electron chi connectivity index (χ3n) is 3.41. The number of likely N-dealkylation sites (tertiary alicyclic amines) is 1. The van der Waals surface area contributed by atoms with Crippen LogP contribution in [0.1, 0.15) is 25.7 Å². The van der Waals surface area contributed by atoms with E-state index in [1.165, 1.54) is 0 Å². The van der Waals surface area contributed by atoms with Crippen molar-refractivity contribution in [3.05, 3.63) is 0 Å². The van der Waals surface area contributed by atoms with Gasteiger partial charge in [-0.15, -0.1) is 0 Å². The molecule has 86 valence electrons. The first-order valence-corrected chi connectivity index (χ1v) is 5.52. The van der Waals surface area contributed by atoms with E-state index in [9.17, 15) is 9.18 Å². The SMILES string of the molecule is O=C(O)NC1CCC(N2CC(F)C2)CC1. The van der Waals surface area contributed by atoms with E-state index in [-0.39, 0.29) is 6.04 Å². The zero-order chi connectivity index (χ0) is 10.8. The molecule has 0 aromatic carbocycles. The topological polar surface area (TPSA) is 52.6 Å². The van der Waals surface area contributed by atoms with E-state index in [0.717, 1.165) is 25.7 Å². The molecule has 0 unspecified atom stereocenters. The van der Waals surface area contributed by atoms with E-state index in [1.807, 2.05) is 0 Å². The van der Waals surface area contributed by atoms with Crippen molar-refractivity contribution in [3.63, 3.8) is 0 Å². The van der Waals surface area contributed by atoms with Gasteiger partial charge in [0, 0.05) is 25.2 Å². The molecule has 0 aromatic heterocycles. The predicted octanol–water partition coefficient (Wildman–Crippen LogP) is 1.22. The number of carboxylic acid groups (broad SMARTS) is 1. The third-order valence-corrected chi connectivity index (χ3v) is 3.41. The van der Waals surface area contributed by atoms with Crippen LogP contribution in [0.15, 0.2) is 0 Å². The highest BCUT2D eigenvalue weighted by atomic mass is 19.1. The van der Waals surface area contributed by atoms with E-state index >= 15 is 0 Å². The van der Waals surface area contributed by atoms with Crippen LogP contribution in [-0.4, -0.2) is 47.4 Å². The number of rotatable bonds is 2. The highest BCUT2D eigenvalue weighted by Gasteiger charge is 2.34. The Labute approximate surface area is 88.4 Å². The van der Waals surface area contributed by atoms with Crippen LogP contribution in [0.4, 0.5) is 9.18 Å². The summed E-state index contributed by atoms with van der Waals surface area (Å²) in [7, 11) is 0. The molecule has 0 aromatic rings. The van der Waals surface area contributed by atoms with Gasteiger partial charge in [-0.2, -0.15) is 0 Å². The van der Waals surface area contributed by atoms with Gasteiger partial charge in [0.05, 0.1) is 0 Å². The smallest absolute Gasteiger partial charge is 0.404 e. The van der Waals surface area contributed by atoms with Gasteiger partial charge in [-0.1, -0.05) is 0 Å². The molecule has 1 saturated carbocycles. The largest absolute Gasteiger partial charge is 0.465 e. The molecule has 4 nitrogen and oxygen atoms in total. The number of hydrogen-bond acceptors (Lipinski definition) is 2. The molecule has 0 radical (unpaired) electrons. The number of amides is 1. The van der Waals surface area contributed by atoms with E-state index in [0.29, 0.717) is 19.1 Å². The van der Waals surface area contributed by atoms with Crippen LogP contribution in [0.2, 0.25) is 0 Å². The van der Waals surface area contributed by atoms with Gasteiger partial charge in [-0.05, 0) is 25.7 Å². The monoisotopic (exact) mass is 216 g/mol. The van der Waals surface area contributed by atoms with Crippen LogP contribution >= 0.6 is 0 Å². The molecule has 1 amide bonds. The van der Waals surface area contributed by atoms with Crippen molar-refractivity contribution in [2.24, 2.45) is 0 Å². The molecule has 0 bridgehead atoms. The molecule has 1 heterocycles. The maximum Gasteiger partial charge on any atom is 0.404 e. The first-order chi connectivity index (χ1) is 7.15. The minimum atomic E-state index is -0.939. The van der Waals surface area contributed by atoms with Gasteiger partial charge >= 0.3 is 6.09 Å². The summed E-state index contributed by atoms with van der Waals surface area (Å²) in [6.07, 6.45) is 2.15. The van der Waals surface area contributed by atoms with Crippen LogP contribution in [0.3, 0.4) is 0 Å². The summed E-state index contributed by atoms with van der Waals surface area (Å²) in [5, 5.41) is 11.1. The van der Waals surface area contributed by atoms with Crippen LogP contribution in [0.25, 0.3) is 0 Å². The summed E-state index contributed by atoms with van der Waals surface area (Å²) in [6, 6.07) is 0.574. The lowest BCUT2D eigenvalue weighted by Crippen LogP contribution is -2.55. The highest BCUT2D eigenvalue weighted by Crippen LogP contribution is 2.27. The zero-order valence-corrected chi connectivity index (χ0v) is 8.66. The van der Waals surface area contributed by atoms with Crippen molar-refractivity contribution in [2.75, 3.05) is 13.1 Å². The molecule has 2 aliphatic rings. The molecule has 5 heteroatoms. The van der Waals surface area contributed by atoms with Crippen molar-refractivity contribution in [2.45, 2.75) is 43.9 Å². The van der Waals surface area contributed by atoms with Crippen molar-refractivity contribution < 1.29 is 14.3 Å². The van der Waals surface area contributed by atoms with Gasteiger partial charge in [0.25, 0.3) is 0 Å². The summed E-state index contributed by atoms with van der Waals surface area (Å²) in [6.45, 7) is 1.14. The molecule has 2 fully saturated rings. The fraction of sp³-hybridized carbons (Fsp3) is 0.900. The second-order valence-electron chi connectivity index (χ2n) is 4.51. The Bertz CT molecular complexity index is 236. The molecule has 2 N–H and O–H groups in total. The molecular weight excluding hydrogens is 199 g/mol. The Kier molecular flexibility index (Phi) is 3.09. The third kappa shape index (κ3) is 2.59. The lowest BCUT2D eigenvalue weighted by molar-refractivity contribution is 0.0111. The Morgan fingerprint density at radius 2 is 1.87 bits per heavy atom. The number of nitrogens with zero attached hydrogens (tertiary/aromatic N) is 1. The first-order valence-electron chi connectivity index (χ1n) is 5.52. The van der Waals surface area contributed by atoms with Crippen molar-refractivity contribution in [1.29, 1.82) is 0 Å². The lowest BCUT2D eigenvalue weighted by Gasteiger charge is -2.43. The van der Waals surface area contributed by atoms with E-state index < -0.39 is 12.3 Å². The van der Waals surface area contributed by atoms with E-state index in [4.69, 9.17) is 5.11 Å². The minimum absolute atomic E-state index is 0.0983. The Morgan fingerprint density at radius 1 is 1.27 bits per heavy atom. The van der Waals surface area contributed by atoms with Crippen LogP contribution in [0.5, 0.6) is 0 Å². The Balaban J connectivity index is 1.70. The maximum absolute atomic E-state index is 12.6. The number of halogens is 1. The van der Waals surface area contributed by atoms with Gasteiger partial charge in [-0.25, -0.2) is 9.18 Å². The zero-order valence-electron chi connectivity index (χ0n) is 8.66. The quantitative estimate of drug-likeness (QED) is 0.729. The fourth-order valence-corrected chi connectivity index (χ4v) is 2.51. The van der Waals surface area contributed by atoms with Crippen LogP contribution in [-0.2, 0) is 0 Å². The van der Waals surface area contributed by atoms with Gasteiger partial charge in [-0.3, -0.25) is 4.90 Å². The summed E-state index contributed by atoms with van der Waals surface area (Å²) >= 11 is 0. The average molecular weight is 216 g/mol. The molecule has 0 spiro atoms. The van der Waals surface area contributed by atoms with E-state index in [1.54, 1.807) is 0 Å². The van der Waals surface area contributed by atoms with Gasteiger partial charge in [0.1, 0.15) is 6.17 Å². The normalized spacial score (nSPS) is 33.4. The number of alkyl halides is 1. The molecule has 1 aliphatic carbocycles. The second kappa shape index (κ2) is 4.35. The molecule has 1 saturated heterocycles. The fourth-order valence-electron chi connectivity index (χ4n) is 2.51. The van der Waals surface area contributed by atoms with E-state index in [2.05, 4.69) is 10.2 Å². The standard InChI is InChI=1S/C10H17FN2O2/c11-7-5-13(6-7)9-3-1-8(2-4-9)12-10(14)15/h7-9,12H,1-6H2,(H,14,15). The van der Waals surface area contributed by atoms with Gasteiger partial charge in [0.2, 0.25) is 0 Å². The van der Waals surface area contributed by atoms with Crippen LogP contribution < -0.4 is 5.32 Å². The Morgan fingerprint density at radius 3 is 2.33 bits per heavy atom. The molecule has 0 atom stereocenters. The molecule has 1 aliphatic heterocycles. The van der Waals surface area contributed by atoms with Crippen molar-refractivity contribution in [3.8, 4) is 0 Å². The molecule has 15 heavy (non-hydrogen) atoms. The molecular formula is C10H17FN2O2. The van der Waals surface area contributed by atoms with Gasteiger partial charge < -0.3 is 10.4 Å². The van der Waals surface area contributed by atoms with Gasteiger partial charge in [0.15, 0.2) is 0 Å². The first kappa shape index (κ1) is 10.7. The van der Waals surface area contributed by atoms with Crippen LogP contribution in [0, 0.1) is 0 Å².